The largest absolute Gasteiger partial charge is 0.382 e. The number of aromatic nitrogens is 9. The fourth-order valence-corrected chi connectivity index (χ4v) is 9.13. The van der Waals surface area contributed by atoms with Crippen molar-refractivity contribution in [3.8, 4) is 11.3 Å². The monoisotopic (exact) mass is 955 g/mol. The average Bonchev–Trinajstić information content (AvgIpc) is 3.96. The molecule has 0 aliphatic heterocycles. The molecule has 5 aromatic heterocycles. The van der Waals surface area contributed by atoms with Gasteiger partial charge < -0.3 is 37.7 Å². The standard InChI is InChI=1S/C24H24ClN7O.C23H23ClN8O.2CH4/c25-19-13-27-24(30-22(19)18-9-8-14-4-1-2-7-17(14)18)29-16-6-3-5-15(12-16)28-23(33)20-10-11-21(26)32-31-20;24-17-12-27-23(30-21(17)16-11-26-18-7-2-1-6-15(16)18)29-14-5-3-4-13(10-14)28-22(33)19-8-9-20(25)32-31-19;;/h1-2,4,7,9-11,13,15-16H,3,5-6,8,12H2,(H2,26,32)(H,28,33)(H,27,29,30);1-2,6-9,11-14,26H,3-5,10H2,(H2,25,32)(H,28,33)(H,27,29,30);2*1H4/t15-,16+;13-,14+;;/m00../s1. The lowest BCUT2D eigenvalue weighted by Crippen LogP contribution is -2.42. The minimum atomic E-state index is -0.252. The van der Waals surface area contributed by atoms with E-state index in [0.29, 0.717) is 27.6 Å². The highest BCUT2D eigenvalue weighted by molar-refractivity contribution is 6.33. The van der Waals surface area contributed by atoms with Crippen molar-refractivity contribution in [3.05, 3.63) is 136 Å². The summed E-state index contributed by atoms with van der Waals surface area (Å²) in [5.41, 5.74) is 18.4. The molecule has 3 aliphatic carbocycles. The Hall–Kier alpha value is -7.24. The molecule has 352 valence electrons. The first kappa shape index (κ1) is 48.7. The number of amides is 2. The molecular weight excluding hydrogens is 902 g/mol. The second-order valence-electron chi connectivity index (χ2n) is 16.6. The number of hydrogen-bond donors (Lipinski definition) is 7. The van der Waals surface area contributed by atoms with E-state index in [1.807, 2.05) is 42.6 Å². The van der Waals surface area contributed by atoms with Gasteiger partial charge in [0, 0.05) is 52.4 Å². The number of carbonyl (C=O) groups is 2. The lowest BCUT2D eigenvalue weighted by molar-refractivity contribution is 0.0911. The summed E-state index contributed by atoms with van der Waals surface area (Å²) >= 11 is 12.9. The van der Waals surface area contributed by atoms with Crippen molar-refractivity contribution in [1.82, 2.24) is 55.9 Å². The summed E-state index contributed by atoms with van der Waals surface area (Å²) in [5, 5.41) is 30.2. The Labute approximate surface area is 404 Å². The van der Waals surface area contributed by atoms with Gasteiger partial charge in [0.05, 0.1) is 33.8 Å². The van der Waals surface area contributed by atoms with Crippen LogP contribution < -0.4 is 32.7 Å². The topological polar surface area (TPSA) is 253 Å². The highest BCUT2D eigenvalue weighted by Crippen LogP contribution is 2.36. The van der Waals surface area contributed by atoms with E-state index in [4.69, 9.17) is 44.6 Å². The minimum absolute atomic E-state index is 0. The molecule has 17 nitrogen and oxygen atoms in total. The van der Waals surface area contributed by atoms with Gasteiger partial charge in [0.2, 0.25) is 11.9 Å². The predicted octanol–water partition coefficient (Wildman–Crippen LogP) is 8.72. The van der Waals surface area contributed by atoms with Crippen molar-refractivity contribution in [1.29, 1.82) is 0 Å². The lowest BCUT2D eigenvalue weighted by Gasteiger charge is -2.30. The summed E-state index contributed by atoms with van der Waals surface area (Å²) in [6, 6.07) is 22.9. The van der Waals surface area contributed by atoms with Gasteiger partial charge in [-0.15, -0.1) is 20.4 Å². The zero-order chi connectivity index (χ0) is 45.6. The van der Waals surface area contributed by atoms with Gasteiger partial charge >= 0.3 is 0 Å². The molecule has 3 aliphatic rings. The summed E-state index contributed by atoms with van der Waals surface area (Å²) in [4.78, 5) is 46.5. The number of nitrogen functional groups attached to an aromatic ring is 2. The molecule has 0 saturated heterocycles. The number of allylic oxidation sites excluding steroid dienone is 1. The molecule has 19 heteroatoms. The number of hydrogen-bond acceptors (Lipinski definition) is 14. The van der Waals surface area contributed by atoms with Crippen LogP contribution in [0.4, 0.5) is 23.5 Å². The number of carbonyl (C=O) groups excluding carboxylic acids is 2. The Morgan fingerprint density at radius 1 is 0.618 bits per heavy atom. The minimum Gasteiger partial charge on any atom is -0.382 e. The van der Waals surface area contributed by atoms with Crippen LogP contribution in [-0.4, -0.2) is 81.3 Å². The summed E-state index contributed by atoms with van der Waals surface area (Å²) in [6.45, 7) is 0. The summed E-state index contributed by atoms with van der Waals surface area (Å²) in [7, 11) is 0. The zero-order valence-electron chi connectivity index (χ0n) is 35.7. The van der Waals surface area contributed by atoms with E-state index in [9.17, 15) is 9.59 Å². The van der Waals surface area contributed by atoms with Crippen LogP contribution in [0.3, 0.4) is 0 Å². The lowest BCUT2D eigenvalue weighted by atomic mass is 9.91. The molecule has 4 atom stereocenters. The second-order valence-corrected chi connectivity index (χ2v) is 17.4. The van der Waals surface area contributed by atoms with Crippen LogP contribution in [0.1, 0.15) is 104 Å². The maximum atomic E-state index is 12.5. The van der Waals surface area contributed by atoms with Gasteiger partial charge in [-0.25, -0.2) is 19.9 Å². The zero-order valence-corrected chi connectivity index (χ0v) is 37.2. The molecule has 0 unspecified atom stereocenters. The van der Waals surface area contributed by atoms with E-state index in [1.165, 1.54) is 5.56 Å². The second kappa shape index (κ2) is 22.0. The van der Waals surface area contributed by atoms with Crippen LogP contribution in [0.15, 0.2) is 97.5 Å². The van der Waals surface area contributed by atoms with Crippen molar-refractivity contribution >= 4 is 75.0 Å². The third-order valence-electron chi connectivity index (χ3n) is 11.9. The molecule has 0 radical (unpaired) electrons. The van der Waals surface area contributed by atoms with Crippen LogP contribution in [0.25, 0.3) is 27.7 Å². The van der Waals surface area contributed by atoms with Crippen LogP contribution in [0.2, 0.25) is 10.0 Å². The molecule has 9 N–H and O–H groups in total. The number of anilines is 4. The molecule has 0 spiro atoms. The smallest absolute Gasteiger partial charge is 0.272 e. The maximum absolute atomic E-state index is 12.5. The fourth-order valence-electron chi connectivity index (χ4n) is 8.74. The van der Waals surface area contributed by atoms with Crippen LogP contribution in [0.5, 0.6) is 0 Å². The van der Waals surface area contributed by atoms with Crippen molar-refractivity contribution < 1.29 is 9.59 Å². The number of fused-ring (bicyclic) bond motifs is 2. The number of H-pyrrole nitrogens is 1. The Morgan fingerprint density at radius 2 is 1.15 bits per heavy atom. The Balaban J connectivity index is 0.000000196. The SMILES string of the molecule is C.C.Nc1ccc(C(=O)N[C@H]2CCC[C@@H](Nc3ncc(Cl)c(-c4c[nH]c5ccccc45)n3)C2)nn1.Nc1ccc(C(=O)N[C@H]2CCC[C@@H](Nc3ncc(Cl)c(C4=CCc5ccccc54)n3)C2)nn1. The number of halogens is 2. The number of benzene rings is 2. The van der Waals surface area contributed by atoms with Crippen molar-refractivity contribution in [2.24, 2.45) is 0 Å². The van der Waals surface area contributed by atoms with Crippen LogP contribution >= 0.6 is 23.2 Å². The molecule has 2 aromatic carbocycles. The number of para-hydroxylation sites is 1. The summed E-state index contributed by atoms with van der Waals surface area (Å²) in [5.74, 6) is 1.13. The van der Waals surface area contributed by atoms with E-state index in [-0.39, 0.29) is 73.9 Å². The number of nitrogens with one attached hydrogen (secondary N) is 5. The van der Waals surface area contributed by atoms with Gasteiger partial charge in [-0.2, -0.15) is 0 Å². The van der Waals surface area contributed by atoms with Crippen LogP contribution in [-0.2, 0) is 6.42 Å². The summed E-state index contributed by atoms with van der Waals surface area (Å²) < 4.78 is 0. The first-order valence-corrected chi connectivity index (χ1v) is 22.6. The molecule has 10 rings (SSSR count). The molecule has 0 bridgehead atoms. The first-order valence-electron chi connectivity index (χ1n) is 21.9. The van der Waals surface area contributed by atoms with E-state index < -0.39 is 0 Å². The number of nitrogens with two attached hydrogens (primary N) is 2. The van der Waals surface area contributed by atoms with E-state index in [0.717, 1.165) is 91.1 Å². The fraction of sp³-hybridized carbons (Fsp3) is 0.306. The molecule has 7 aromatic rings. The van der Waals surface area contributed by atoms with E-state index in [1.54, 1.807) is 36.7 Å². The van der Waals surface area contributed by atoms with Gasteiger partial charge in [-0.05, 0) is 99.2 Å². The number of rotatable bonds is 10. The van der Waals surface area contributed by atoms with E-state index in [2.05, 4.69) is 74.8 Å². The van der Waals surface area contributed by atoms with Crippen molar-refractivity contribution in [2.75, 3.05) is 22.1 Å². The molecule has 68 heavy (non-hydrogen) atoms. The Morgan fingerprint density at radius 3 is 1.74 bits per heavy atom. The third kappa shape index (κ3) is 11.5. The highest BCUT2D eigenvalue weighted by atomic mass is 35.5. The van der Waals surface area contributed by atoms with Crippen molar-refractivity contribution in [3.63, 3.8) is 0 Å². The normalized spacial score (nSPS) is 18.3. The van der Waals surface area contributed by atoms with E-state index >= 15 is 0 Å². The van der Waals surface area contributed by atoms with Gasteiger partial charge in [0.25, 0.3) is 11.8 Å². The summed E-state index contributed by atoms with van der Waals surface area (Å²) in [6.07, 6.45) is 15.4. The van der Waals surface area contributed by atoms with Gasteiger partial charge in [0.1, 0.15) is 11.6 Å². The van der Waals surface area contributed by atoms with Crippen molar-refractivity contribution in [2.45, 2.75) is 96.8 Å². The van der Waals surface area contributed by atoms with Gasteiger partial charge in [0.15, 0.2) is 11.4 Å². The van der Waals surface area contributed by atoms with Crippen LogP contribution in [0, 0.1) is 0 Å². The maximum Gasteiger partial charge on any atom is 0.272 e. The van der Waals surface area contributed by atoms with Gasteiger partial charge in [-0.1, -0.05) is 86.6 Å². The number of nitrogens with zero attached hydrogens (tertiary/aromatic N) is 8. The Kier molecular flexibility index (Phi) is 15.8. The molecule has 2 fully saturated rings. The average molecular weight is 957 g/mol. The quantitative estimate of drug-likeness (QED) is 0.0677. The first-order chi connectivity index (χ1) is 32.1. The molecule has 5 heterocycles. The Bertz CT molecular complexity index is 2890. The predicted molar refractivity (Wildman–Crippen MR) is 269 cm³/mol. The van der Waals surface area contributed by atoms with Gasteiger partial charge in [-0.3, -0.25) is 9.59 Å². The molecule has 2 saturated carbocycles. The molecule has 2 amide bonds. The molecular formula is C49H55Cl2N15O2. The highest BCUT2D eigenvalue weighted by Gasteiger charge is 2.27. The number of aromatic amines is 1. The third-order valence-corrected chi connectivity index (χ3v) is 12.5.